The monoisotopic (exact) mass is 298 g/mol. The first-order valence-corrected chi connectivity index (χ1v) is 8.21. The Morgan fingerprint density at radius 3 is 2.20 bits per heavy atom. The van der Waals surface area contributed by atoms with Crippen molar-refractivity contribution in [3.63, 3.8) is 0 Å². The zero-order valence-electron chi connectivity index (χ0n) is 12.2. The molecule has 0 atom stereocenters. The summed E-state index contributed by atoms with van der Waals surface area (Å²) < 4.78 is 22.3. The van der Waals surface area contributed by atoms with Crippen LogP contribution in [0.1, 0.15) is 32.8 Å². The van der Waals surface area contributed by atoms with Gasteiger partial charge in [-0.05, 0) is 44.9 Å². The second kappa shape index (κ2) is 6.85. The minimum atomic E-state index is -3.65. The molecule has 6 heteroatoms. The Labute approximate surface area is 120 Å². The molecule has 112 valence electrons. The molecule has 0 heterocycles. The van der Waals surface area contributed by atoms with Gasteiger partial charge in [0, 0.05) is 19.0 Å². The van der Waals surface area contributed by atoms with Crippen LogP contribution < -0.4 is 5.14 Å². The molecular weight excluding hydrogens is 276 g/mol. The van der Waals surface area contributed by atoms with Gasteiger partial charge < -0.3 is 4.90 Å². The van der Waals surface area contributed by atoms with Crippen LogP contribution in [0.2, 0.25) is 0 Å². The maximum absolute atomic E-state index is 12.0. The predicted octanol–water partition coefficient (Wildman–Crippen LogP) is 1.52. The summed E-state index contributed by atoms with van der Waals surface area (Å²) in [6.07, 6.45) is 1.01. The van der Waals surface area contributed by atoms with E-state index in [-0.39, 0.29) is 16.8 Å². The SMILES string of the molecule is CCN(C(=O)CCc1ccc(S(N)(=O)=O)cc1)C(C)C. The van der Waals surface area contributed by atoms with Crippen molar-refractivity contribution in [1.82, 2.24) is 4.90 Å². The first-order valence-electron chi connectivity index (χ1n) is 6.67. The van der Waals surface area contributed by atoms with E-state index in [4.69, 9.17) is 5.14 Å². The average Bonchev–Trinajstić information content (AvgIpc) is 2.36. The van der Waals surface area contributed by atoms with Gasteiger partial charge in [0.1, 0.15) is 0 Å². The van der Waals surface area contributed by atoms with E-state index < -0.39 is 10.0 Å². The number of primary sulfonamides is 1. The number of nitrogens with two attached hydrogens (primary N) is 1. The molecule has 0 aliphatic heterocycles. The Morgan fingerprint density at radius 2 is 1.80 bits per heavy atom. The fourth-order valence-electron chi connectivity index (χ4n) is 2.07. The van der Waals surface area contributed by atoms with Gasteiger partial charge in [0.05, 0.1) is 4.90 Å². The van der Waals surface area contributed by atoms with Crippen LogP contribution in [-0.4, -0.2) is 31.8 Å². The van der Waals surface area contributed by atoms with Gasteiger partial charge in [0.25, 0.3) is 0 Å². The van der Waals surface area contributed by atoms with Crippen molar-refractivity contribution in [2.24, 2.45) is 5.14 Å². The molecule has 1 aromatic rings. The number of rotatable bonds is 6. The summed E-state index contributed by atoms with van der Waals surface area (Å²) >= 11 is 0. The molecule has 0 bridgehead atoms. The molecule has 0 spiro atoms. The maximum atomic E-state index is 12.0. The molecule has 0 fully saturated rings. The van der Waals surface area contributed by atoms with Crippen molar-refractivity contribution in [1.29, 1.82) is 0 Å². The van der Waals surface area contributed by atoms with Crippen LogP contribution in [0.4, 0.5) is 0 Å². The first-order chi connectivity index (χ1) is 9.25. The van der Waals surface area contributed by atoms with Crippen molar-refractivity contribution in [3.8, 4) is 0 Å². The number of hydrogen-bond donors (Lipinski definition) is 1. The second-order valence-corrected chi connectivity index (χ2v) is 6.52. The molecular formula is C14H22N2O3S. The Hall–Kier alpha value is -1.40. The highest BCUT2D eigenvalue weighted by Gasteiger charge is 2.14. The zero-order valence-corrected chi connectivity index (χ0v) is 13.0. The quantitative estimate of drug-likeness (QED) is 0.864. The second-order valence-electron chi connectivity index (χ2n) is 4.96. The van der Waals surface area contributed by atoms with Crippen molar-refractivity contribution >= 4 is 15.9 Å². The summed E-state index contributed by atoms with van der Waals surface area (Å²) in [7, 11) is -3.65. The first kappa shape index (κ1) is 16.7. The zero-order chi connectivity index (χ0) is 15.3. The van der Waals surface area contributed by atoms with E-state index in [1.165, 1.54) is 12.1 Å². The molecule has 0 unspecified atom stereocenters. The number of hydrogen-bond acceptors (Lipinski definition) is 3. The van der Waals surface area contributed by atoms with Gasteiger partial charge in [-0.1, -0.05) is 12.1 Å². The standard InChI is InChI=1S/C14H22N2O3S/c1-4-16(11(2)3)14(17)10-7-12-5-8-13(9-6-12)20(15,18)19/h5-6,8-9,11H,4,7,10H2,1-3H3,(H2,15,18,19). The predicted molar refractivity (Wildman–Crippen MR) is 78.7 cm³/mol. The highest BCUT2D eigenvalue weighted by Crippen LogP contribution is 2.11. The Bertz CT molecular complexity index is 550. The molecule has 2 N–H and O–H groups in total. The topological polar surface area (TPSA) is 80.5 Å². The molecule has 0 aliphatic rings. The molecule has 0 saturated carbocycles. The molecule has 1 amide bonds. The summed E-state index contributed by atoms with van der Waals surface area (Å²) in [5.74, 6) is 0.109. The molecule has 0 aromatic heterocycles. The Morgan fingerprint density at radius 1 is 1.25 bits per heavy atom. The summed E-state index contributed by atoms with van der Waals surface area (Å²) in [5, 5.41) is 5.03. The highest BCUT2D eigenvalue weighted by atomic mass is 32.2. The van der Waals surface area contributed by atoms with Gasteiger partial charge >= 0.3 is 0 Å². The van der Waals surface area contributed by atoms with Crippen molar-refractivity contribution in [3.05, 3.63) is 29.8 Å². The van der Waals surface area contributed by atoms with Crippen LogP contribution in [-0.2, 0) is 21.2 Å². The van der Waals surface area contributed by atoms with Gasteiger partial charge in [0.15, 0.2) is 0 Å². The lowest BCUT2D eigenvalue weighted by Gasteiger charge is -2.25. The lowest BCUT2D eigenvalue weighted by atomic mass is 10.1. The lowest BCUT2D eigenvalue weighted by molar-refractivity contribution is -0.132. The van der Waals surface area contributed by atoms with E-state index in [1.807, 2.05) is 25.7 Å². The Kier molecular flexibility index (Phi) is 5.71. The van der Waals surface area contributed by atoms with Crippen LogP contribution in [0.25, 0.3) is 0 Å². The Balaban J connectivity index is 2.65. The minimum absolute atomic E-state index is 0.0879. The van der Waals surface area contributed by atoms with Crippen LogP contribution in [0.15, 0.2) is 29.2 Å². The molecule has 0 aliphatic carbocycles. The van der Waals surface area contributed by atoms with E-state index in [2.05, 4.69) is 0 Å². The smallest absolute Gasteiger partial charge is 0.238 e. The third-order valence-electron chi connectivity index (χ3n) is 3.16. The highest BCUT2D eigenvalue weighted by molar-refractivity contribution is 7.89. The van der Waals surface area contributed by atoms with Crippen LogP contribution in [0, 0.1) is 0 Å². The molecule has 0 saturated heterocycles. The summed E-state index contributed by atoms with van der Waals surface area (Å²) in [6.45, 7) is 6.63. The van der Waals surface area contributed by atoms with E-state index in [0.717, 1.165) is 5.56 Å². The summed E-state index contributed by atoms with van der Waals surface area (Å²) in [5.41, 5.74) is 0.922. The van der Waals surface area contributed by atoms with E-state index in [0.29, 0.717) is 19.4 Å². The summed E-state index contributed by atoms with van der Waals surface area (Å²) in [4.78, 5) is 13.9. The lowest BCUT2D eigenvalue weighted by Crippen LogP contribution is -2.36. The van der Waals surface area contributed by atoms with Crippen molar-refractivity contribution in [2.75, 3.05) is 6.54 Å². The third kappa shape index (κ3) is 4.61. The normalized spacial score (nSPS) is 11.7. The number of carbonyl (C=O) groups is 1. The largest absolute Gasteiger partial charge is 0.341 e. The van der Waals surface area contributed by atoms with Gasteiger partial charge in [-0.3, -0.25) is 4.79 Å². The number of sulfonamides is 1. The van der Waals surface area contributed by atoms with Crippen molar-refractivity contribution in [2.45, 2.75) is 44.6 Å². The number of aryl methyl sites for hydroxylation is 1. The number of benzene rings is 1. The van der Waals surface area contributed by atoms with Gasteiger partial charge in [-0.2, -0.15) is 0 Å². The van der Waals surface area contributed by atoms with Gasteiger partial charge in [-0.15, -0.1) is 0 Å². The summed E-state index contributed by atoms with van der Waals surface area (Å²) in [6, 6.07) is 6.51. The van der Waals surface area contributed by atoms with E-state index in [9.17, 15) is 13.2 Å². The fraction of sp³-hybridized carbons (Fsp3) is 0.500. The number of amides is 1. The fourth-order valence-corrected chi connectivity index (χ4v) is 2.59. The van der Waals surface area contributed by atoms with E-state index in [1.54, 1.807) is 12.1 Å². The average molecular weight is 298 g/mol. The van der Waals surface area contributed by atoms with Crippen molar-refractivity contribution < 1.29 is 13.2 Å². The van der Waals surface area contributed by atoms with E-state index >= 15 is 0 Å². The van der Waals surface area contributed by atoms with Crippen LogP contribution in [0.5, 0.6) is 0 Å². The number of nitrogens with zero attached hydrogens (tertiary/aromatic N) is 1. The van der Waals surface area contributed by atoms with Crippen LogP contribution in [0.3, 0.4) is 0 Å². The third-order valence-corrected chi connectivity index (χ3v) is 4.09. The number of carbonyl (C=O) groups excluding carboxylic acids is 1. The van der Waals surface area contributed by atoms with Gasteiger partial charge in [-0.25, -0.2) is 13.6 Å². The maximum Gasteiger partial charge on any atom is 0.238 e. The molecule has 1 rings (SSSR count). The molecule has 0 radical (unpaired) electrons. The minimum Gasteiger partial charge on any atom is -0.341 e. The molecule has 20 heavy (non-hydrogen) atoms. The molecule has 1 aromatic carbocycles. The molecule has 5 nitrogen and oxygen atoms in total. The van der Waals surface area contributed by atoms with Crippen LogP contribution >= 0.6 is 0 Å². The van der Waals surface area contributed by atoms with Gasteiger partial charge in [0.2, 0.25) is 15.9 Å².